The van der Waals surface area contributed by atoms with E-state index in [-0.39, 0.29) is 42.1 Å². The number of carbonyl (C=O) groups is 1. The third-order valence-electron chi connectivity index (χ3n) is 4.97. The number of ether oxygens (including phenoxy) is 1. The van der Waals surface area contributed by atoms with Gasteiger partial charge in [-0.05, 0) is 42.0 Å². The Bertz CT molecular complexity index is 1460. The first-order valence-electron chi connectivity index (χ1n) is 10.9. The number of hydrogen-bond donors (Lipinski definition) is 2. The lowest BCUT2D eigenvalue weighted by molar-refractivity contribution is -0.115. The number of hydrogen-bond acceptors (Lipinski definition) is 8. The predicted octanol–water partition coefficient (Wildman–Crippen LogP) is 4.49. The predicted molar refractivity (Wildman–Crippen MR) is 135 cm³/mol. The summed E-state index contributed by atoms with van der Waals surface area (Å²) in [6.45, 7) is 1.91. The molecule has 0 unspecified atom stereocenters. The first-order valence-corrected chi connectivity index (χ1v) is 11.2. The van der Waals surface area contributed by atoms with Gasteiger partial charge >= 0.3 is 0 Å². The molecular formula is C25H20ClN7O3. The minimum absolute atomic E-state index is 0.0913. The highest BCUT2D eigenvalue weighted by atomic mass is 35.5. The first-order chi connectivity index (χ1) is 17.4. The summed E-state index contributed by atoms with van der Waals surface area (Å²) in [5.41, 5.74) is 1.37. The number of anilines is 3. The largest absolute Gasteiger partial charge is 0.438 e. The molecule has 0 bridgehead atoms. The smallest absolute Gasteiger partial charge is 0.279 e. The van der Waals surface area contributed by atoms with E-state index < -0.39 is 5.56 Å². The van der Waals surface area contributed by atoms with Crippen molar-refractivity contribution in [3.05, 3.63) is 93.8 Å². The maximum absolute atomic E-state index is 13.2. The maximum Gasteiger partial charge on any atom is 0.279 e. The van der Waals surface area contributed by atoms with Crippen molar-refractivity contribution < 1.29 is 9.53 Å². The van der Waals surface area contributed by atoms with Gasteiger partial charge in [-0.2, -0.15) is 5.26 Å². The molecule has 4 aromatic rings. The molecule has 0 radical (unpaired) electrons. The third-order valence-corrected chi connectivity index (χ3v) is 5.22. The summed E-state index contributed by atoms with van der Waals surface area (Å²) in [5, 5.41) is 15.1. The van der Waals surface area contributed by atoms with E-state index in [1.54, 1.807) is 43.3 Å². The molecule has 180 valence electrons. The molecule has 2 N–H and O–H groups in total. The lowest BCUT2D eigenvalue weighted by atomic mass is 10.2. The van der Waals surface area contributed by atoms with E-state index in [9.17, 15) is 9.59 Å². The Morgan fingerprint density at radius 3 is 2.44 bits per heavy atom. The second kappa shape index (κ2) is 11.1. The van der Waals surface area contributed by atoms with E-state index in [0.717, 1.165) is 5.56 Å². The van der Waals surface area contributed by atoms with Gasteiger partial charge in [-0.3, -0.25) is 14.2 Å². The van der Waals surface area contributed by atoms with Gasteiger partial charge in [0.25, 0.3) is 5.56 Å². The molecule has 0 fully saturated rings. The third kappa shape index (κ3) is 6.02. The highest BCUT2D eigenvalue weighted by Gasteiger charge is 2.13. The van der Waals surface area contributed by atoms with Crippen LogP contribution in [0.2, 0.25) is 5.02 Å². The van der Waals surface area contributed by atoms with Crippen LogP contribution in [0.1, 0.15) is 24.6 Å². The SMILES string of the molecule is CCC(=O)Nc1cnc(Nc2ccc(Oc3cnc(C#N)cn3)cc2)n(Cc2ccc(Cl)cc2)c1=O. The van der Waals surface area contributed by atoms with Crippen LogP contribution in [0.15, 0.2) is 71.9 Å². The molecule has 0 aliphatic carbocycles. The maximum atomic E-state index is 13.2. The Morgan fingerprint density at radius 2 is 1.81 bits per heavy atom. The van der Waals surface area contributed by atoms with Gasteiger partial charge in [0.05, 0.1) is 25.1 Å². The van der Waals surface area contributed by atoms with Crippen molar-refractivity contribution in [2.24, 2.45) is 0 Å². The van der Waals surface area contributed by atoms with Crippen LogP contribution in [0.4, 0.5) is 17.3 Å². The summed E-state index contributed by atoms with van der Waals surface area (Å²) < 4.78 is 7.08. The van der Waals surface area contributed by atoms with Crippen molar-refractivity contribution in [3.63, 3.8) is 0 Å². The molecule has 0 aliphatic rings. The standard InChI is InChI=1S/C25H20ClN7O3/c1-2-22(34)32-21-13-30-25(33(24(21)35)15-16-3-5-17(26)6-4-16)31-18-7-9-20(10-8-18)36-23-14-28-19(11-27)12-29-23/h3-10,12-14H,2,15H2,1H3,(H,30,31)(H,32,34). The zero-order valence-electron chi connectivity index (χ0n) is 19.1. The van der Waals surface area contributed by atoms with Crippen molar-refractivity contribution in [1.29, 1.82) is 5.26 Å². The first kappa shape index (κ1) is 24.4. The second-order valence-electron chi connectivity index (χ2n) is 7.52. The number of nitrogens with zero attached hydrogens (tertiary/aromatic N) is 5. The van der Waals surface area contributed by atoms with Crippen LogP contribution >= 0.6 is 11.6 Å². The molecule has 0 saturated heterocycles. The lowest BCUT2D eigenvalue weighted by Crippen LogP contribution is -2.28. The topological polar surface area (TPSA) is 135 Å². The van der Waals surface area contributed by atoms with E-state index in [4.69, 9.17) is 21.6 Å². The molecule has 1 amide bonds. The summed E-state index contributed by atoms with van der Waals surface area (Å²) in [4.78, 5) is 37.4. The number of benzene rings is 2. The minimum Gasteiger partial charge on any atom is -0.438 e. The molecule has 2 aromatic carbocycles. The van der Waals surface area contributed by atoms with Crippen molar-refractivity contribution in [2.75, 3.05) is 10.6 Å². The second-order valence-corrected chi connectivity index (χ2v) is 7.95. The fraction of sp³-hybridized carbons (Fsp3) is 0.120. The summed E-state index contributed by atoms with van der Waals surface area (Å²) in [7, 11) is 0. The van der Waals surface area contributed by atoms with Gasteiger partial charge in [-0.15, -0.1) is 0 Å². The van der Waals surface area contributed by atoms with Gasteiger partial charge in [0.1, 0.15) is 17.5 Å². The number of nitriles is 1. The van der Waals surface area contributed by atoms with Crippen LogP contribution in [0, 0.1) is 11.3 Å². The van der Waals surface area contributed by atoms with Gasteiger partial charge < -0.3 is 15.4 Å². The van der Waals surface area contributed by atoms with E-state index in [2.05, 4.69) is 25.6 Å². The van der Waals surface area contributed by atoms with Crippen LogP contribution in [0.25, 0.3) is 0 Å². The summed E-state index contributed by atoms with van der Waals surface area (Å²) in [6.07, 6.45) is 4.25. The summed E-state index contributed by atoms with van der Waals surface area (Å²) in [6, 6.07) is 15.9. The van der Waals surface area contributed by atoms with Gasteiger partial charge in [0, 0.05) is 17.1 Å². The van der Waals surface area contributed by atoms with E-state index in [0.29, 0.717) is 16.5 Å². The zero-order chi connectivity index (χ0) is 25.5. The molecule has 36 heavy (non-hydrogen) atoms. The van der Waals surface area contributed by atoms with Crippen molar-refractivity contribution in [1.82, 2.24) is 19.5 Å². The average molecular weight is 502 g/mol. The van der Waals surface area contributed by atoms with Crippen LogP contribution in [-0.4, -0.2) is 25.4 Å². The molecular weight excluding hydrogens is 482 g/mol. The van der Waals surface area contributed by atoms with Crippen molar-refractivity contribution in [3.8, 4) is 17.7 Å². The normalized spacial score (nSPS) is 10.4. The van der Waals surface area contributed by atoms with Gasteiger partial charge in [0.15, 0.2) is 5.69 Å². The number of carbonyl (C=O) groups excluding carboxylic acids is 1. The van der Waals surface area contributed by atoms with E-state index >= 15 is 0 Å². The monoisotopic (exact) mass is 501 g/mol. The summed E-state index contributed by atoms with van der Waals surface area (Å²) >= 11 is 5.99. The zero-order valence-corrected chi connectivity index (χ0v) is 19.9. The van der Waals surface area contributed by atoms with Gasteiger partial charge in [-0.25, -0.2) is 15.0 Å². The Hall–Kier alpha value is -4.75. The molecule has 0 saturated carbocycles. The molecule has 0 atom stereocenters. The average Bonchev–Trinajstić information content (AvgIpc) is 2.90. The van der Waals surface area contributed by atoms with Gasteiger partial charge in [0.2, 0.25) is 17.7 Å². The highest BCUT2D eigenvalue weighted by Crippen LogP contribution is 2.23. The fourth-order valence-electron chi connectivity index (χ4n) is 3.12. The fourth-order valence-corrected chi connectivity index (χ4v) is 3.24. The highest BCUT2D eigenvalue weighted by molar-refractivity contribution is 6.30. The van der Waals surface area contributed by atoms with Crippen LogP contribution in [0.5, 0.6) is 11.6 Å². The lowest BCUT2D eigenvalue weighted by Gasteiger charge is -2.16. The Balaban J connectivity index is 1.58. The minimum atomic E-state index is -0.399. The Kier molecular flexibility index (Phi) is 7.53. The summed E-state index contributed by atoms with van der Waals surface area (Å²) in [5.74, 6) is 0.757. The number of nitrogens with one attached hydrogen (secondary N) is 2. The van der Waals surface area contributed by atoms with Crippen molar-refractivity contribution >= 4 is 34.8 Å². The Labute approximate surface area is 211 Å². The molecule has 2 heterocycles. The van der Waals surface area contributed by atoms with E-state index in [1.165, 1.54) is 23.2 Å². The number of aromatic nitrogens is 4. The number of rotatable bonds is 8. The van der Waals surface area contributed by atoms with Gasteiger partial charge in [-0.1, -0.05) is 30.7 Å². The van der Waals surface area contributed by atoms with Crippen molar-refractivity contribution in [2.45, 2.75) is 19.9 Å². The Morgan fingerprint density at radius 1 is 1.06 bits per heavy atom. The number of amides is 1. The molecule has 10 nitrogen and oxygen atoms in total. The number of halogens is 1. The molecule has 0 aliphatic heterocycles. The van der Waals surface area contributed by atoms with E-state index in [1.807, 2.05) is 18.2 Å². The quantitative estimate of drug-likeness (QED) is 0.360. The molecule has 0 spiro atoms. The van der Waals surface area contributed by atoms with Crippen LogP contribution < -0.4 is 20.9 Å². The van der Waals surface area contributed by atoms with Crippen LogP contribution in [0.3, 0.4) is 0 Å². The molecule has 2 aromatic heterocycles. The molecule has 11 heteroatoms. The molecule has 4 rings (SSSR count). The van der Waals surface area contributed by atoms with Crippen LogP contribution in [-0.2, 0) is 11.3 Å².